The minimum absolute atomic E-state index is 0.234. The standard InChI is InChI=1S/C29H29FN6O2.C29H27FN6O.C25H29FN6.C24H27FN6/c1-35(2)18-19-13-15-36-26(16-19)34-27(20-8-10-21(30)11-9-20)28(36)23-12-14-31-29(33-23)32-17-22-24(37-3)6-5-7-25(22)38-4;1-35(2)18-20-10-13-36-26(16-20)34-27(21-4-6-23(30)7-5-21)28(36)24-9-12-31-29(33-24)32-17-19-3-8-25-22(15-19)11-14-37-25;1-16(2)17(3)28-25-27-12-10-21(29-25)24-23(19-6-8-20(26)9-7-19)30-22-14-18(15-31(4)5)11-13-32(22)24;1-4-5-12-26-24-27-13-10-20(28-24)23-22(18-6-8-19(25)9-7-18)29-21-15-17(16-30(2)3)11-14-31(21)23/h5-16H,17-18H2,1-4H3,(H,31,32,33);3-10,12-13,15-16H,11,14,17-18H2,1-2H3,(H,31,32,33);6-14,16-17H,15H2,1-5H3,(H,27,28,29);6-11,13-15H,4-5,12,16H2,1-3H3,(H,26,27,28)/t;;17-;/m..1./s1. The number of hydrogen-bond acceptors (Lipinski definition) is 23. The number of aromatic nitrogens is 16. The van der Waals surface area contributed by atoms with Crippen LogP contribution in [0.15, 0.2) is 256 Å². The topological polar surface area (TPSA) is 261 Å². The normalized spacial score (nSPS) is 12.0. The molecule has 138 heavy (non-hydrogen) atoms. The van der Waals surface area contributed by atoms with E-state index in [2.05, 4.69) is 149 Å². The average Bonchev–Trinajstić information content (AvgIpc) is 1.63. The van der Waals surface area contributed by atoms with Gasteiger partial charge in [-0.2, -0.15) is 0 Å². The van der Waals surface area contributed by atoms with E-state index in [0.717, 1.165) is 188 Å². The second-order valence-electron chi connectivity index (χ2n) is 35.2. The Bertz CT molecular complexity index is 7210. The second-order valence-corrected chi connectivity index (χ2v) is 35.2. The molecule has 1 aliphatic heterocycles. The maximum atomic E-state index is 13.7. The third-order valence-corrected chi connectivity index (χ3v) is 23.1. The van der Waals surface area contributed by atoms with Crippen LogP contribution in [0.1, 0.15) is 79.5 Å². The Morgan fingerprint density at radius 1 is 0.377 bits per heavy atom. The highest BCUT2D eigenvalue weighted by Gasteiger charge is 2.26. The van der Waals surface area contributed by atoms with E-state index in [4.69, 9.17) is 54.1 Å². The van der Waals surface area contributed by atoms with Crippen LogP contribution in [0.4, 0.5) is 41.4 Å². The average molecular weight is 1860 g/mol. The largest absolute Gasteiger partial charge is 0.496 e. The molecule has 1 aliphatic rings. The molecule has 18 aromatic rings. The number of unbranched alkanes of at least 4 members (excludes halogenated alkanes) is 1. The smallest absolute Gasteiger partial charge is 0.223 e. The number of pyridine rings is 4. The van der Waals surface area contributed by atoms with Crippen LogP contribution in [0, 0.1) is 29.2 Å². The number of hydrogen-bond donors (Lipinski definition) is 4. The predicted molar refractivity (Wildman–Crippen MR) is 537 cm³/mol. The molecule has 1 atom stereocenters. The number of fused-ring (bicyclic) bond motifs is 5. The summed E-state index contributed by atoms with van der Waals surface area (Å²) in [6.07, 6.45) is 18.1. The maximum absolute atomic E-state index is 13.7. The number of halogens is 4. The maximum Gasteiger partial charge on any atom is 0.223 e. The van der Waals surface area contributed by atoms with Gasteiger partial charge in [-0.1, -0.05) is 45.4 Å². The molecule has 0 bridgehead atoms. The fourth-order valence-corrected chi connectivity index (χ4v) is 16.3. The summed E-state index contributed by atoms with van der Waals surface area (Å²) < 4.78 is 79.3. The number of anilines is 4. The van der Waals surface area contributed by atoms with Gasteiger partial charge in [-0.15, -0.1) is 0 Å². The molecule has 706 valence electrons. The van der Waals surface area contributed by atoms with Gasteiger partial charge in [0.1, 0.15) is 63.1 Å². The number of nitrogens with one attached hydrogen (secondary N) is 4. The van der Waals surface area contributed by atoms with Crippen molar-refractivity contribution in [1.29, 1.82) is 0 Å². The molecular formula is C107H112F4N24O3. The van der Waals surface area contributed by atoms with Crippen LogP contribution in [0.25, 0.3) is 113 Å². The summed E-state index contributed by atoms with van der Waals surface area (Å²) in [5.74, 6) is 3.85. The van der Waals surface area contributed by atoms with Gasteiger partial charge in [-0.25, -0.2) is 77.4 Å². The monoisotopic (exact) mass is 1860 g/mol. The Kier molecular flexibility index (Phi) is 30.5. The molecule has 0 saturated heterocycles. The summed E-state index contributed by atoms with van der Waals surface area (Å²) in [6.45, 7) is 14.4. The highest BCUT2D eigenvalue weighted by Crippen LogP contribution is 2.40. The lowest BCUT2D eigenvalue weighted by Gasteiger charge is -2.17. The fourth-order valence-electron chi connectivity index (χ4n) is 16.3. The van der Waals surface area contributed by atoms with Crippen molar-refractivity contribution in [2.75, 3.05) is 105 Å². The van der Waals surface area contributed by atoms with Gasteiger partial charge in [0.15, 0.2) is 0 Å². The highest BCUT2D eigenvalue weighted by atomic mass is 19.1. The highest BCUT2D eigenvalue weighted by molar-refractivity contribution is 5.85. The Morgan fingerprint density at radius 3 is 1.04 bits per heavy atom. The number of imidazole rings is 4. The van der Waals surface area contributed by atoms with Crippen molar-refractivity contribution in [1.82, 2.24) is 97.0 Å². The van der Waals surface area contributed by atoms with E-state index in [0.29, 0.717) is 65.7 Å². The van der Waals surface area contributed by atoms with Gasteiger partial charge < -0.3 is 55.1 Å². The first-order valence-electron chi connectivity index (χ1n) is 45.8. The van der Waals surface area contributed by atoms with Crippen molar-refractivity contribution < 1.29 is 31.8 Å². The Morgan fingerprint density at radius 2 is 0.710 bits per heavy atom. The Hall–Kier alpha value is -15.4. The third-order valence-electron chi connectivity index (χ3n) is 23.1. The number of methoxy groups -OCH3 is 2. The number of ether oxygens (including phenoxy) is 3. The van der Waals surface area contributed by atoms with E-state index < -0.39 is 0 Å². The van der Waals surface area contributed by atoms with Crippen LogP contribution in [-0.4, -0.2) is 187 Å². The molecule has 0 amide bonds. The molecular weight excluding hydrogens is 1750 g/mol. The van der Waals surface area contributed by atoms with Gasteiger partial charge in [0, 0.05) is 124 Å². The SMILES string of the molecule is CC(C)[C@@H](C)Nc1nccc(-c2c(-c3ccc(F)cc3)nc3cc(CN(C)C)ccn23)n1.CCCCNc1nccc(-c2c(-c3ccc(F)cc3)nc3cc(CN(C)C)ccn23)n1.CN(C)Cc1ccn2c(-c3ccnc(NCc4ccc5c(c4)CCO5)n3)c(-c3ccc(F)cc3)nc2c1.COc1cccc(OC)c1CNc1nccc(-c2c(-c3ccc(F)cc3)nc3cc(CN(C)C)ccn23)n1. The molecule has 0 fully saturated rings. The van der Waals surface area contributed by atoms with Crippen LogP contribution in [0.2, 0.25) is 0 Å². The minimum Gasteiger partial charge on any atom is -0.496 e. The molecule has 4 N–H and O–H groups in total. The molecule has 0 saturated carbocycles. The molecule has 13 heterocycles. The van der Waals surface area contributed by atoms with E-state index in [9.17, 15) is 17.6 Å². The van der Waals surface area contributed by atoms with Gasteiger partial charge >= 0.3 is 0 Å². The van der Waals surface area contributed by atoms with Crippen molar-refractivity contribution in [3.05, 3.63) is 318 Å². The lowest BCUT2D eigenvalue weighted by atomic mass is 10.1. The van der Waals surface area contributed by atoms with E-state index in [1.807, 2.05) is 147 Å². The van der Waals surface area contributed by atoms with Crippen molar-refractivity contribution in [2.45, 2.75) is 92.3 Å². The minimum atomic E-state index is -0.298. The lowest BCUT2D eigenvalue weighted by Crippen LogP contribution is -2.22. The van der Waals surface area contributed by atoms with Gasteiger partial charge in [0.05, 0.1) is 101 Å². The number of benzene rings is 6. The number of nitrogens with zero attached hydrogens (tertiary/aromatic N) is 20. The summed E-state index contributed by atoms with van der Waals surface area (Å²) >= 11 is 0. The van der Waals surface area contributed by atoms with Crippen LogP contribution in [0.3, 0.4) is 0 Å². The summed E-state index contributed by atoms with van der Waals surface area (Å²) in [4.78, 5) is 65.0. The Balaban J connectivity index is 0.000000134. The molecule has 31 heteroatoms. The van der Waals surface area contributed by atoms with Crippen molar-refractivity contribution in [3.63, 3.8) is 0 Å². The molecule has 27 nitrogen and oxygen atoms in total. The van der Waals surface area contributed by atoms with E-state index in [-0.39, 0.29) is 29.3 Å². The number of rotatable bonds is 31. The summed E-state index contributed by atoms with van der Waals surface area (Å²) in [5.41, 5.74) is 23.7. The third kappa shape index (κ3) is 23.2. The van der Waals surface area contributed by atoms with E-state index in [1.165, 1.54) is 65.2 Å². The van der Waals surface area contributed by atoms with Crippen LogP contribution in [0.5, 0.6) is 17.2 Å². The zero-order chi connectivity index (χ0) is 96.6. The first-order chi connectivity index (χ1) is 66.8. The van der Waals surface area contributed by atoms with E-state index in [1.54, 1.807) is 87.5 Å². The zero-order valence-corrected chi connectivity index (χ0v) is 79.9. The van der Waals surface area contributed by atoms with Gasteiger partial charge in [0.25, 0.3) is 0 Å². The van der Waals surface area contributed by atoms with Crippen molar-refractivity contribution in [2.24, 2.45) is 5.92 Å². The van der Waals surface area contributed by atoms with Crippen LogP contribution < -0.4 is 35.5 Å². The molecule has 0 spiro atoms. The molecule has 0 radical (unpaired) electrons. The fraction of sp³-hybridized carbons (Fsp3) is 0.252. The van der Waals surface area contributed by atoms with Crippen molar-refractivity contribution in [3.8, 4) is 108 Å². The van der Waals surface area contributed by atoms with Gasteiger partial charge in [0.2, 0.25) is 23.8 Å². The van der Waals surface area contributed by atoms with Gasteiger partial charge in [-0.05, 0) is 297 Å². The van der Waals surface area contributed by atoms with Crippen LogP contribution in [-0.2, 0) is 45.7 Å². The zero-order valence-electron chi connectivity index (χ0n) is 79.9. The summed E-state index contributed by atoms with van der Waals surface area (Å²) in [6, 6.07) is 61.8. The van der Waals surface area contributed by atoms with Crippen LogP contribution >= 0.6 is 0 Å². The van der Waals surface area contributed by atoms with Gasteiger partial charge in [-0.3, -0.25) is 17.6 Å². The molecule has 12 aromatic heterocycles. The summed E-state index contributed by atoms with van der Waals surface area (Å²) in [5, 5.41) is 13.3. The predicted octanol–water partition coefficient (Wildman–Crippen LogP) is 20.5. The molecule has 6 aromatic carbocycles. The van der Waals surface area contributed by atoms with E-state index >= 15 is 0 Å². The quantitative estimate of drug-likeness (QED) is 0.0232. The lowest BCUT2D eigenvalue weighted by molar-refractivity contribution is 0.357. The first kappa shape index (κ1) is 95.7. The Labute approximate surface area is 799 Å². The molecule has 19 rings (SSSR count). The van der Waals surface area contributed by atoms with Crippen molar-refractivity contribution >= 4 is 46.4 Å². The summed E-state index contributed by atoms with van der Waals surface area (Å²) in [7, 11) is 19.5. The molecule has 0 aliphatic carbocycles. The first-order valence-corrected chi connectivity index (χ1v) is 45.8. The second kappa shape index (κ2) is 43.9. The molecule has 0 unspecified atom stereocenters.